The summed E-state index contributed by atoms with van der Waals surface area (Å²) in [5.41, 5.74) is 2.86. The third-order valence-electron chi connectivity index (χ3n) is 7.68. The third kappa shape index (κ3) is 1.78. The van der Waals surface area contributed by atoms with E-state index in [0.29, 0.717) is 10.8 Å². The molecule has 19 heavy (non-hydrogen) atoms. The molecule has 3 aliphatic rings. The summed E-state index contributed by atoms with van der Waals surface area (Å²) in [7, 11) is 0. The van der Waals surface area contributed by atoms with Gasteiger partial charge in [-0.1, -0.05) is 46.3 Å². The van der Waals surface area contributed by atoms with Gasteiger partial charge in [0, 0.05) is 0 Å². The molecule has 0 aromatic rings. The SMILES string of the molecule is CCC1=CC[C@@H]2C(CC[C@]3(C)C(C)CCC23)C1(C)C. The summed E-state index contributed by atoms with van der Waals surface area (Å²) in [5, 5.41) is 0. The fraction of sp³-hybridized carbons (Fsp3) is 0.895. The van der Waals surface area contributed by atoms with E-state index in [-0.39, 0.29) is 0 Å². The molecule has 3 rings (SSSR count). The summed E-state index contributed by atoms with van der Waals surface area (Å²) < 4.78 is 0. The molecular formula is C19H32. The quantitative estimate of drug-likeness (QED) is 0.520. The van der Waals surface area contributed by atoms with Crippen LogP contribution in [-0.4, -0.2) is 0 Å². The van der Waals surface area contributed by atoms with Crippen molar-refractivity contribution >= 4 is 0 Å². The molecule has 5 atom stereocenters. The predicted octanol–water partition coefficient (Wildman–Crippen LogP) is 5.83. The van der Waals surface area contributed by atoms with Crippen molar-refractivity contribution in [1.29, 1.82) is 0 Å². The highest BCUT2D eigenvalue weighted by molar-refractivity contribution is 5.21. The first-order valence-corrected chi connectivity index (χ1v) is 8.60. The van der Waals surface area contributed by atoms with E-state index in [9.17, 15) is 0 Å². The van der Waals surface area contributed by atoms with E-state index in [1.165, 1.54) is 38.5 Å². The second-order valence-corrected chi connectivity index (χ2v) is 8.44. The van der Waals surface area contributed by atoms with E-state index in [1.807, 2.05) is 0 Å². The van der Waals surface area contributed by atoms with Gasteiger partial charge in [-0.25, -0.2) is 0 Å². The Morgan fingerprint density at radius 2 is 1.84 bits per heavy atom. The highest BCUT2D eigenvalue weighted by atomic mass is 14.6. The maximum Gasteiger partial charge on any atom is -0.0114 e. The molecule has 0 aromatic carbocycles. The van der Waals surface area contributed by atoms with Crippen LogP contribution in [0.3, 0.4) is 0 Å². The Hall–Kier alpha value is -0.260. The Bertz CT molecular complexity index is 389. The van der Waals surface area contributed by atoms with E-state index in [1.54, 1.807) is 5.57 Å². The van der Waals surface area contributed by atoms with Crippen LogP contribution in [0.5, 0.6) is 0 Å². The van der Waals surface area contributed by atoms with Crippen molar-refractivity contribution in [3.8, 4) is 0 Å². The van der Waals surface area contributed by atoms with Crippen molar-refractivity contribution in [2.75, 3.05) is 0 Å². The number of fused-ring (bicyclic) bond motifs is 3. The Morgan fingerprint density at radius 3 is 2.53 bits per heavy atom. The van der Waals surface area contributed by atoms with Gasteiger partial charge in [-0.15, -0.1) is 0 Å². The van der Waals surface area contributed by atoms with Gasteiger partial charge in [0.2, 0.25) is 0 Å². The molecule has 0 radical (unpaired) electrons. The van der Waals surface area contributed by atoms with Crippen molar-refractivity contribution in [1.82, 2.24) is 0 Å². The van der Waals surface area contributed by atoms with E-state index < -0.39 is 0 Å². The smallest absolute Gasteiger partial charge is 0.0114 e. The van der Waals surface area contributed by atoms with Crippen LogP contribution in [-0.2, 0) is 0 Å². The van der Waals surface area contributed by atoms with E-state index in [2.05, 4.69) is 40.7 Å². The zero-order valence-corrected chi connectivity index (χ0v) is 13.6. The van der Waals surface area contributed by atoms with Gasteiger partial charge in [0.05, 0.1) is 0 Å². The van der Waals surface area contributed by atoms with Gasteiger partial charge in [-0.3, -0.25) is 0 Å². The first kappa shape index (κ1) is 13.7. The van der Waals surface area contributed by atoms with Gasteiger partial charge in [-0.2, -0.15) is 0 Å². The van der Waals surface area contributed by atoms with Crippen LogP contribution in [0, 0.1) is 34.5 Å². The molecule has 0 bridgehead atoms. The number of allylic oxidation sites excluding steroid dienone is 2. The lowest BCUT2D eigenvalue weighted by Crippen LogP contribution is -2.47. The number of rotatable bonds is 1. The van der Waals surface area contributed by atoms with Crippen LogP contribution in [0.25, 0.3) is 0 Å². The molecule has 0 saturated heterocycles. The minimum absolute atomic E-state index is 0.463. The minimum Gasteiger partial charge on any atom is -0.0845 e. The lowest BCUT2D eigenvalue weighted by atomic mass is 9.50. The molecule has 3 aliphatic carbocycles. The highest BCUT2D eigenvalue weighted by Gasteiger charge is 2.55. The van der Waals surface area contributed by atoms with Crippen molar-refractivity contribution in [3.05, 3.63) is 11.6 Å². The van der Waals surface area contributed by atoms with E-state index >= 15 is 0 Å². The summed E-state index contributed by atoms with van der Waals surface area (Å²) in [6.45, 7) is 12.5. The fourth-order valence-corrected chi connectivity index (χ4v) is 6.15. The van der Waals surface area contributed by atoms with Crippen LogP contribution in [0.2, 0.25) is 0 Å². The maximum absolute atomic E-state index is 2.62. The Morgan fingerprint density at radius 1 is 1.11 bits per heavy atom. The lowest BCUT2D eigenvalue weighted by Gasteiger charge is -2.55. The Kier molecular flexibility index (Phi) is 3.15. The van der Waals surface area contributed by atoms with Crippen LogP contribution < -0.4 is 0 Å². The zero-order chi connectivity index (χ0) is 13.8. The highest BCUT2D eigenvalue weighted by Crippen LogP contribution is 2.64. The normalized spacial score (nSPS) is 48.4. The van der Waals surface area contributed by atoms with E-state index in [0.717, 1.165) is 23.7 Å². The average Bonchev–Trinajstić information content (AvgIpc) is 2.66. The summed E-state index contributed by atoms with van der Waals surface area (Å²) in [6, 6.07) is 0. The molecule has 108 valence electrons. The standard InChI is InChI=1S/C19H32/c1-6-14-8-9-15-16(18(14,3)4)11-12-19(5)13(2)7-10-17(15)19/h8,13,15-17H,6-7,9-12H2,1-5H3/t13?,15-,16?,17?,19-/m1/s1. The third-order valence-corrected chi connectivity index (χ3v) is 7.68. The first-order valence-electron chi connectivity index (χ1n) is 8.60. The van der Waals surface area contributed by atoms with Gasteiger partial charge < -0.3 is 0 Å². The van der Waals surface area contributed by atoms with E-state index in [4.69, 9.17) is 0 Å². The second kappa shape index (κ2) is 4.37. The lowest BCUT2D eigenvalue weighted by molar-refractivity contribution is -0.0262. The summed E-state index contributed by atoms with van der Waals surface area (Å²) in [5.74, 6) is 3.90. The molecule has 2 fully saturated rings. The topological polar surface area (TPSA) is 0 Å². The van der Waals surface area contributed by atoms with Crippen LogP contribution in [0.4, 0.5) is 0 Å². The van der Waals surface area contributed by atoms with Crippen molar-refractivity contribution in [2.45, 2.75) is 73.1 Å². The molecule has 0 aromatic heterocycles. The molecule has 3 unspecified atom stereocenters. The monoisotopic (exact) mass is 260 g/mol. The molecular weight excluding hydrogens is 228 g/mol. The molecule has 0 N–H and O–H groups in total. The van der Waals surface area contributed by atoms with Gasteiger partial charge in [0.15, 0.2) is 0 Å². The molecule has 0 nitrogen and oxygen atoms in total. The van der Waals surface area contributed by atoms with Gasteiger partial charge in [0.1, 0.15) is 0 Å². The molecule has 0 amide bonds. The molecule has 0 heterocycles. The maximum atomic E-state index is 2.62. The average molecular weight is 260 g/mol. The van der Waals surface area contributed by atoms with Crippen LogP contribution in [0.1, 0.15) is 73.1 Å². The molecule has 2 saturated carbocycles. The van der Waals surface area contributed by atoms with Crippen molar-refractivity contribution < 1.29 is 0 Å². The van der Waals surface area contributed by atoms with Crippen molar-refractivity contribution in [2.24, 2.45) is 34.5 Å². The van der Waals surface area contributed by atoms with Gasteiger partial charge in [-0.05, 0) is 73.0 Å². The van der Waals surface area contributed by atoms with Gasteiger partial charge >= 0.3 is 0 Å². The predicted molar refractivity (Wildman–Crippen MR) is 83.0 cm³/mol. The minimum atomic E-state index is 0.463. The van der Waals surface area contributed by atoms with Gasteiger partial charge in [0.25, 0.3) is 0 Å². The summed E-state index contributed by atoms with van der Waals surface area (Å²) in [6.07, 6.45) is 11.2. The van der Waals surface area contributed by atoms with Crippen LogP contribution in [0.15, 0.2) is 11.6 Å². The Balaban J connectivity index is 1.94. The Labute approximate surface area is 120 Å². The van der Waals surface area contributed by atoms with Crippen LogP contribution >= 0.6 is 0 Å². The summed E-state index contributed by atoms with van der Waals surface area (Å²) >= 11 is 0. The molecule has 0 aliphatic heterocycles. The first-order chi connectivity index (χ1) is 8.91. The fourth-order valence-electron chi connectivity index (χ4n) is 6.15. The zero-order valence-electron chi connectivity index (χ0n) is 13.6. The second-order valence-electron chi connectivity index (χ2n) is 8.44. The molecule has 0 spiro atoms. The molecule has 0 heteroatoms. The number of hydrogen-bond acceptors (Lipinski definition) is 0. The largest absolute Gasteiger partial charge is 0.0845 e. The summed E-state index contributed by atoms with van der Waals surface area (Å²) in [4.78, 5) is 0. The number of hydrogen-bond donors (Lipinski definition) is 0. The van der Waals surface area contributed by atoms with Crippen molar-refractivity contribution in [3.63, 3.8) is 0 Å².